The highest BCUT2D eigenvalue weighted by molar-refractivity contribution is 5.58. The molecular weight excluding hydrogens is 236 g/mol. The van der Waals surface area contributed by atoms with Gasteiger partial charge in [-0.2, -0.15) is 0 Å². The van der Waals surface area contributed by atoms with Crippen molar-refractivity contribution in [1.82, 2.24) is 0 Å². The van der Waals surface area contributed by atoms with E-state index in [2.05, 4.69) is 31.2 Å². The largest absolute Gasteiger partial charge is 0.496 e. The average molecular weight is 262 g/mol. The maximum Gasteiger partial charge on any atom is 0.126 e. The fourth-order valence-electron chi connectivity index (χ4n) is 2.05. The van der Waals surface area contributed by atoms with Gasteiger partial charge in [0.15, 0.2) is 0 Å². The van der Waals surface area contributed by atoms with Crippen LogP contribution in [0.1, 0.15) is 50.7 Å². The monoisotopic (exact) mass is 262 g/mol. The molecule has 1 atom stereocenters. The SMILES string of the molecule is CCc1ccc(OC)c(/C=C/CCCC[C@H](C)O)c1. The molecule has 0 fully saturated rings. The zero-order chi connectivity index (χ0) is 14.1. The van der Waals surface area contributed by atoms with Gasteiger partial charge in [-0.1, -0.05) is 31.6 Å². The number of benzene rings is 1. The molecular formula is C17H26O2. The molecule has 0 radical (unpaired) electrons. The van der Waals surface area contributed by atoms with Gasteiger partial charge in [0.1, 0.15) is 5.75 Å². The maximum atomic E-state index is 9.18. The highest BCUT2D eigenvalue weighted by Crippen LogP contribution is 2.22. The van der Waals surface area contributed by atoms with E-state index >= 15 is 0 Å². The number of rotatable bonds is 8. The molecule has 1 aromatic rings. The van der Waals surface area contributed by atoms with Gasteiger partial charge in [0.2, 0.25) is 0 Å². The summed E-state index contributed by atoms with van der Waals surface area (Å²) in [6.45, 7) is 4.00. The minimum absolute atomic E-state index is 0.176. The Morgan fingerprint density at radius 3 is 2.74 bits per heavy atom. The van der Waals surface area contributed by atoms with Gasteiger partial charge in [0.25, 0.3) is 0 Å². The van der Waals surface area contributed by atoms with Crippen LogP contribution in [-0.2, 0) is 6.42 Å². The molecule has 2 heteroatoms. The lowest BCUT2D eigenvalue weighted by Crippen LogP contribution is -1.97. The van der Waals surface area contributed by atoms with Crippen LogP contribution in [0.5, 0.6) is 5.75 Å². The Balaban J connectivity index is 2.50. The number of hydrogen-bond donors (Lipinski definition) is 1. The molecule has 1 N–H and O–H groups in total. The minimum Gasteiger partial charge on any atom is -0.496 e. The van der Waals surface area contributed by atoms with E-state index < -0.39 is 0 Å². The molecule has 0 bridgehead atoms. The second kappa shape index (κ2) is 8.76. The van der Waals surface area contributed by atoms with Crippen molar-refractivity contribution >= 4 is 6.08 Å². The summed E-state index contributed by atoms with van der Waals surface area (Å²) in [7, 11) is 1.71. The summed E-state index contributed by atoms with van der Waals surface area (Å²) >= 11 is 0. The van der Waals surface area contributed by atoms with E-state index in [1.165, 1.54) is 5.56 Å². The number of ether oxygens (including phenoxy) is 1. The summed E-state index contributed by atoms with van der Waals surface area (Å²) in [5, 5.41) is 9.18. The zero-order valence-electron chi connectivity index (χ0n) is 12.4. The standard InChI is InChI=1S/C17H26O2/c1-4-15-11-12-17(19-3)16(13-15)10-8-6-5-7-9-14(2)18/h8,10-14,18H,4-7,9H2,1-3H3/b10-8+/t14-/m0/s1. The molecule has 0 aliphatic rings. The summed E-state index contributed by atoms with van der Waals surface area (Å²) in [6.07, 6.45) is 9.34. The molecule has 1 aromatic carbocycles. The van der Waals surface area contributed by atoms with Crippen molar-refractivity contribution in [2.75, 3.05) is 7.11 Å². The van der Waals surface area contributed by atoms with Crippen LogP contribution < -0.4 is 4.74 Å². The Hall–Kier alpha value is -1.28. The molecule has 19 heavy (non-hydrogen) atoms. The van der Waals surface area contributed by atoms with Crippen molar-refractivity contribution in [1.29, 1.82) is 0 Å². The molecule has 0 saturated carbocycles. The van der Waals surface area contributed by atoms with Gasteiger partial charge in [-0.25, -0.2) is 0 Å². The Bertz CT molecular complexity index is 394. The van der Waals surface area contributed by atoms with Gasteiger partial charge in [-0.3, -0.25) is 0 Å². The summed E-state index contributed by atoms with van der Waals surface area (Å²) in [5.41, 5.74) is 2.48. The molecule has 0 heterocycles. The first kappa shape index (κ1) is 15.8. The number of aryl methyl sites for hydroxylation is 1. The van der Waals surface area contributed by atoms with E-state index in [-0.39, 0.29) is 6.10 Å². The maximum absolute atomic E-state index is 9.18. The van der Waals surface area contributed by atoms with Crippen LogP contribution in [0.25, 0.3) is 6.08 Å². The van der Waals surface area contributed by atoms with Crippen LogP contribution in [0.15, 0.2) is 24.3 Å². The Labute approximate surface area is 117 Å². The number of unbranched alkanes of at least 4 members (excludes halogenated alkanes) is 2. The van der Waals surface area contributed by atoms with Gasteiger partial charge in [0, 0.05) is 5.56 Å². The number of allylic oxidation sites excluding steroid dienone is 1. The zero-order valence-corrected chi connectivity index (χ0v) is 12.4. The van der Waals surface area contributed by atoms with Crippen molar-refractivity contribution in [3.8, 4) is 5.75 Å². The number of aliphatic hydroxyl groups is 1. The lowest BCUT2D eigenvalue weighted by Gasteiger charge is -2.07. The predicted octanol–water partition coefficient (Wildman–Crippen LogP) is 4.21. The number of aliphatic hydroxyl groups excluding tert-OH is 1. The third kappa shape index (κ3) is 5.93. The van der Waals surface area contributed by atoms with E-state index in [4.69, 9.17) is 4.74 Å². The topological polar surface area (TPSA) is 29.5 Å². The molecule has 0 aliphatic carbocycles. The van der Waals surface area contributed by atoms with Gasteiger partial charge in [-0.15, -0.1) is 0 Å². The quantitative estimate of drug-likeness (QED) is 0.711. The van der Waals surface area contributed by atoms with E-state index in [1.807, 2.05) is 13.0 Å². The fraction of sp³-hybridized carbons (Fsp3) is 0.529. The smallest absolute Gasteiger partial charge is 0.126 e. The molecule has 0 saturated heterocycles. The molecule has 1 rings (SSSR count). The molecule has 0 aromatic heterocycles. The molecule has 0 unspecified atom stereocenters. The third-order valence-corrected chi connectivity index (χ3v) is 3.24. The van der Waals surface area contributed by atoms with E-state index in [1.54, 1.807) is 7.11 Å². The first-order valence-corrected chi connectivity index (χ1v) is 7.19. The number of hydrogen-bond acceptors (Lipinski definition) is 2. The normalized spacial score (nSPS) is 12.8. The first-order valence-electron chi connectivity index (χ1n) is 7.19. The summed E-state index contributed by atoms with van der Waals surface area (Å²) < 4.78 is 5.37. The highest BCUT2D eigenvalue weighted by atomic mass is 16.5. The average Bonchev–Trinajstić information content (AvgIpc) is 2.42. The summed E-state index contributed by atoms with van der Waals surface area (Å²) in [4.78, 5) is 0. The van der Waals surface area contributed by atoms with Crippen LogP contribution in [0.2, 0.25) is 0 Å². The highest BCUT2D eigenvalue weighted by Gasteiger charge is 2.00. The van der Waals surface area contributed by atoms with Crippen LogP contribution in [0.3, 0.4) is 0 Å². The van der Waals surface area contributed by atoms with Crippen molar-refractivity contribution in [2.45, 2.75) is 52.1 Å². The second-order valence-electron chi connectivity index (χ2n) is 4.97. The van der Waals surface area contributed by atoms with Crippen LogP contribution >= 0.6 is 0 Å². The van der Waals surface area contributed by atoms with E-state index in [0.717, 1.165) is 43.4 Å². The van der Waals surface area contributed by atoms with Gasteiger partial charge in [-0.05, 0) is 50.3 Å². The van der Waals surface area contributed by atoms with Gasteiger partial charge >= 0.3 is 0 Å². The van der Waals surface area contributed by atoms with Gasteiger partial charge < -0.3 is 9.84 Å². The molecule has 2 nitrogen and oxygen atoms in total. The lowest BCUT2D eigenvalue weighted by molar-refractivity contribution is 0.181. The summed E-state index contributed by atoms with van der Waals surface area (Å²) in [5.74, 6) is 0.928. The molecule has 0 aliphatic heterocycles. The molecule has 0 amide bonds. The van der Waals surface area contributed by atoms with Crippen molar-refractivity contribution < 1.29 is 9.84 Å². The predicted molar refractivity (Wildman–Crippen MR) is 81.6 cm³/mol. The molecule has 0 spiro atoms. The van der Waals surface area contributed by atoms with E-state index in [0.29, 0.717) is 0 Å². The Morgan fingerprint density at radius 1 is 1.32 bits per heavy atom. The van der Waals surface area contributed by atoms with Crippen LogP contribution in [-0.4, -0.2) is 18.3 Å². The Morgan fingerprint density at radius 2 is 2.11 bits per heavy atom. The van der Waals surface area contributed by atoms with Crippen molar-refractivity contribution in [3.05, 3.63) is 35.4 Å². The minimum atomic E-state index is -0.176. The third-order valence-electron chi connectivity index (χ3n) is 3.24. The second-order valence-corrected chi connectivity index (χ2v) is 4.97. The van der Waals surface area contributed by atoms with Crippen molar-refractivity contribution in [2.24, 2.45) is 0 Å². The lowest BCUT2D eigenvalue weighted by atomic mass is 10.1. The fourth-order valence-corrected chi connectivity index (χ4v) is 2.05. The van der Waals surface area contributed by atoms with Gasteiger partial charge in [0.05, 0.1) is 13.2 Å². The van der Waals surface area contributed by atoms with Crippen LogP contribution in [0.4, 0.5) is 0 Å². The van der Waals surface area contributed by atoms with E-state index in [9.17, 15) is 5.11 Å². The summed E-state index contributed by atoms with van der Waals surface area (Å²) in [6, 6.07) is 6.33. The first-order chi connectivity index (χ1) is 9.17. The number of methoxy groups -OCH3 is 1. The van der Waals surface area contributed by atoms with Crippen LogP contribution in [0, 0.1) is 0 Å². The Kier molecular flexibility index (Phi) is 7.27. The molecule has 106 valence electrons. The van der Waals surface area contributed by atoms with Crippen molar-refractivity contribution in [3.63, 3.8) is 0 Å².